The number of hydrogen-bond donors (Lipinski definition) is 0. The van der Waals surface area contributed by atoms with E-state index in [4.69, 9.17) is 16.3 Å². The van der Waals surface area contributed by atoms with E-state index in [9.17, 15) is 14.4 Å². The van der Waals surface area contributed by atoms with Gasteiger partial charge in [-0.3, -0.25) is 19.3 Å². The molecule has 140 valence electrons. The maximum Gasteiger partial charge on any atom is 0.326 e. The van der Waals surface area contributed by atoms with Gasteiger partial charge in [-0.25, -0.2) is 0 Å². The number of alkyl halides is 1. The van der Waals surface area contributed by atoms with Gasteiger partial charge in [-0.2, -0.15) is 0 Å². The number of amides is 2. The van der Waals surface area contributed by atoms with Gasteiger partial charge >= 0.3 is 5.97 Å². The summed E-state index contributed by atoms with van der Waals surface area (Å²) < 4.78 is 5.26. The van der Waals surface area contributed by atoms with Gasteiger partial charge in [-0.1, -0.05) is 6.92 Å². The Morgan fingerprint density at radius 1 is 1.40 bits per heavy atom. The summed E-state index contributed by atoms with van der Waals surface area (Å²) in [6, 6.07) is 0. The minimum atomic E-state index is -0.615. The van der Waals surface area contributed by atoms with Gasteiger partial charge in [0.25, 0.3) is 5.91 Å². The molecule has 2 aliphatic heterocycles. The van der Waals surface area contributed by atoms with Crippen molar-refractivity contribution < 1.29 is 19.1 Å². The second-order valence-corrected chi connectivity index (χ2v) is 8.63. The summed E-state index contributed by atoms with van der Waals surface area (Å²) in [6.07, 6.45) is 0.748. The van der Waals surface area contributed by atoms with Crippen LogP contribution in [0.4, 0.5) is 0 Å². The standard InChI is InChI=1S/C17H25ClN2O4S/c1-6-11-14(22)20-13(10(7-18)9-25-16(11)20)15(23)19(5)8-12(21)24-17(2,3)4/h11,16H,6-9H2,1-5H3/t11-,16+/m0/s1. The van der Waals surface area contributed by atoms with Crippen molar-refractivity contribution in [2.24, 2.45) is 5.92 Å². The lowest BCUT2D eigenvalue weighted by Gasteiger charge is -2.50. The summed E-state index contributed by atoms with van der Waals surface area (Å²) in [5, 5.41) is -0.0154. The summed E-state index contributed by atoms with van der Waals surface area (Å²) in [5.41, 5.74) is 0.446. The molecule has 2 aliphatic rings. The van der Waals surface area contributed by atoms with Crippen LogP contribution in [-0.2, 0) is 19.1 Å². The number of likely N-dealkylation sites (N-methyl/N-ethyl adjacent to an activating group) is 1. The van der Waals surface area contributed by atoms with E-state index >= 15 is 0 Å². The predicted octanol–water partition coefficient (Wildman–Crippen LogP) is 2.22. The van der Waals surface area contributed by atoms with E-state index in [-0.39, 0.29) is 35.5 Å². The second-order valence-electron chi connectivity index (χ2n) is 7.26. The summed E-state index contributed by atoms with van der Waals surface area (Å²) in [6.45, 7) is 7.11. The van der Waals surface area contributed by atoms with Crippen molar-refractivity contribution in [1.82, 2.24) is 9.80 Å². The predicted molar refractivity (Wildman–Crippen MR) is 98.1 cm³/mol. The maximum atomic E-state index is 12.9. The number of nitrogens with zero attached hydrogens (tertiary/aromatic N) is 2. The quantitative estimate of drug-likeness (QED) is 0.410. The summed E-state index contributed by atoms with van der Waals surface area (Å²) >= 11 is 7.64. The van der Waals surface area contributed by atoms with Crippen LogP contribution in [0.2, 0.25) is 0 Å². The van der Waals surface area contributed by atoms with Crippen LogP contribution in [-0.4, -0.2) is 63.8 Å². The fraction of sp³-hybridized carbons (Fsp3) is 0.706. The van der Waals surface area contributed by atoms with Gasteiger partial charge in [-0.15, -0.1) is 23.4 Å². The van der Waals surface area contributed by atoms with E-state index in [2.05, 4.69) is 0 Å². The number of halogens is 1. The molecule has 2 atom stereocenters. The van der Waals surface area contributed by atoms with Crippen molar-refractivity contribution in [3.05, 3.63) is 11.3 Å². The molecule has 25 heavy (non-hydrogen) atoms. The van der Waals surface area contributed by atoms with Crippen molar-refractivity contribution in [1.29, 1.82) is 0 Å². The zero-order valence-electron chi connectivity index (χ0n) is 15.3. The first kappa shape index (κ1) is 20.1. The Morgan fingerprint density at radius 2 is 2.04 bits per heavy atom. The van der Waals surface area contributed by atoms with Gasteiger partial charge < -0.3 is 9.64 Å². The number of esters is 1. The van der Waals surface area contributed by atoms with Gasteiger partial charge in [0.1, 0.15) is 17.8 Å². The van der Waals surface area contributed by atoms with E-state index in [0.29, 0.717) is 11.4 Å². The molecule has 0 aromatic rings. The first-order valence-corrected chi connectivity index (χ1v) is 9.89. The highest BCUT2D eigenvalue weighted by Gasteiger charge is 2.52. The summed E-state index contributed by atoms with van der Waals surface area (Å²) in [5.74, 6) is -0.149. The van der Waals surface area contributed by atoms with Gasteiger partial charge in [-0.05, 0) is 32.8 Å². The van der Waals surface area contributed by atoms with Crippen molar-refractivity contribution in [3.63, 3.8) is 0 Å². The number of β-lactam (4-membered cyclic amide) rings is 1. The largest absolute Gasteiger partial charge is 0.459 e. The molecular formula is C17H25ClN2O4S. The molecule has 0 aromatic carbocycles. The smallest absolute Gasteiger partial charge is 0.326 e. The van der Waals surface area contributed by atoms with Crippen molar-refractivity contribution in [2.45, 2.75) is 45.1 Å². The third-order valence-electron chi connectivity index (χ3n) is 4.09. The van der Waals surface area contributed by atoms with Gasteiger partial charge in [0.2, 0.25) is 5.91 Å². The Bertz CT molecular complexity index is 614. The third-order valence-corrected chi connectivity index (χ3v) is 5.81. The number of rotatable bonds is 5. The van der Waals surface area contributed by atoms with Gasteiger partial charge in [0.15, 0.2) is 0 Å². The molecule has 0 saturated carbocycles. The number of carbonyl (C=O) groups is 3. The van der Waals surface area contributed by atoms with Crippen LogP contribution in [0.15, 0.2) is 11.3 Å². The molecule has 2 heterocycles. The third kappa shape index (κ3) is 4.14. The van der Waals surface area contributed by atoms with E-state index in [0.717, 1.165) is 12.0 Å². The topological polar surface area (TPSA) is 66.9 Å². The lowest BCUT2D eigenvalue weighted by molar-refractivity contribution is -0.158. The Balaban J connectivity index is 2.16. The lowest BCUT2D eigenvalue weighted by atomic mass is 9.93. The van der Waals surface area contributed by atoms with Crippen LogP contribution >= 0.6 is 23.4 Å². The van der Waals surface area contributed by atoms with E-state index in [1.807, 2.05) is 6.92 Å². The number of thioether (sulfide) groups is 1. The minimum Gasteiger partial charge on any atom is -0.459 e. The Hall–Kier alpha value is -1.21. The highest BCUT2D eigenvalue weighted by Crippen LogP contribution is 2.45. The van der Waals surface area contributed by atoms with E-state index in [1.165, 1.54) is 11.9 Å². The molecule has 2 amide bonds. The molecule has 0 spiro atoms. The zero-order valence-corrected chi connectivity index (χ0v) is 16.9. The molecule has 1 saturated heterocycles. The Kier molecular flexibility index (Phi) is 6.09. The molecule has 0 radical (unpaired) electrons. The number of fused-ring (bicyclic) bond motifs is 1. The second kappa shape index (κ2) is 7.58. The van der Waals surface area contributed by atoms with Crippen LogP contribution < -0.4 is 0 Å². The average molecular weight is 389 g/mol. The molecule has 0 aliphatic carbocycles. The normalized spacial score (nSPS) is 23.1. The lowest BCUT2D eigenvalue weighted by Crippen LogP contribution is -2.62. The molecule has 1 fully saturated rings. The van der Waals surface area contributed by atoms with E-state index in [1.54, 1.807) is 37.4 Å². The SMILES string of the molecule is CC[C@H]1C(=O)N2C(C(=O)N(C)CC(=O)OC(C)(C)C)=C(CCl)CS[C@H]12. The fourth-order valence-electron chi connectivity index (χ4n) is 2.93. The van der Waals surface area contributed by atoms with Crippen LogP contribution in [0.25, 0.3) is 0 Å². The van der Waals surface area contributed by atoms with E-state index < -0.39 is 11.6 Å². The van der Waals surface area contributed by atoms with Crippen LogP contribution in [0.5, 0.6) is 0 Å². The van der Waals surface area contributed by atoms with Crippen LogP contribution in [0, 0.1) is 5.92 Å². The molecule has 0 bridgehead atoms. The first-order valence-electron chi connectivity index (χ1n) is 8.30. The highest BCUT2D eigenvalue weighted by atomic mass is 35.5. The van der Waals surface area contributed by atoms with Gasteiger partial charge in [0, 0.05) is 18.7 Å². The monoisotopic (exact) mass is 388 g/mol. The number of carbonyl (C=O) groups excluding carboxylic acids is 3. The van der Waals surface area contributed by atoms with Crippen LogP contribution in [0.3, 0.4) is 0 Å². The Labute approximate surface area is 157 Å². The number of ether oxygens (including phenoxy) is 1. The first-order chi connectivity index (χ1) is 11.6. The molecule has 0 aromatic heterocycles. The molecule has 2 rings (SSSR count). The van der Waals surface area contributed by atoms with Crippen molar-refractivity contribution in [3.8, 4) is 0 Å². The maximum absolute atomic E-state index is 12.9. The fourth-order valence-corrected chi connectivity index (χ4v) is 4.77. The van der Waals surface area contributed by atoms with Crippen molar-refractivity contribution in [2.75, 3.05) is 25.2 Å². The van der Waals surface area contributed by atoms with Gasteiger partial charge in [0.05, 0.1) is 11.3 Å². The molecule has 0 N–H and O–H groups in total. The van der Waals surface area contributed by atoms with Crippen LogP contribution in [0.1, 0.15) is 34.1 Å². The number of hydrogen-bond acceptors (Lipinski definition) is 5. The minimum absolute atomic E-state index is 0.0154. The zero-order chi connectivity index (χ0) is 18.9. The molecule has 0 unspecified atom stereocenters. The average Bonchev–Trinajstić information content (AvgIpc) is 2.51. The molecular weight excluding hydrogens is 364 g/mol. The highest BCUT2D eigenvalue weighted by molar-refractivity contribution is 8.00. The molecule has 6 nitrogen and oxygen atoms in total. The Morgan fingerprint density at radius 3 is 2.56 bits per heavy atom. The summed E-state index contributed by atoms with van der Waals surface area (Å²) in [7, 11) is 1.53. The van der Waals surface area contributed by atoms with Crippen molar-refractivity contribution >= 4 is 41.1 Å². The summed E-state index contributed by atoms with van der Waals surface area (Å²) in [4.78, 5) is 40.1. The molecule has 8 heteroatoms.